The highest BCUT2D eigenvalue weighted by Gasteiger charge is 2.19. The summed E-state index contributed by atoms with van der Waals surface area (Å²) in [5, 5.41) is 2.45. The van der Waals surface area contributed by atoms with Crippen molar-refractivity contribution in [3.05, 3.63) is 199 Å². The molecule has 1 aromatic heterocycles. The van der Waals surface area contributed by atoms with E-state index < -0.39 is 0 Å². The van der Waals surface area contributed by atoms with Gasteiger partial charge in [0, 0.05) is 59.2 Å². The molecule has 0 fully saturated rings. The zero-order valence-corrected chi connectivity index (χ0v) is 31.7. The SMILES string of the molecule is C=C/C(=C\C)c1ccc(N(c2ccc(-c3ccccc3)cc2)c2ccc3c4ccccc4n(-c4cccc(CN(C)C5=C(N)CC=C5)c4)c3c2)cc1.CC. The zero-order chi connectivity index (χ0) is 37.6. The molecule has 1 aliphatic rings. The summed E-state index contributed by atoms with van der Waals surface area (Å²) >= 11 is 0. The number of hydrogen-bond acceptors (Lipinski definition) is 3. The number of para-hydroxylation sites is 1. The zero-order valence-electron chi connectivity index (χ0n) is 31.7. The summed E-state index contributed by atoms with van der Waals surface area (Å²) in [6, 6.07) is 52.6. The molecule has 0 saturated carbocycles. The van der Waals surface area contributed by atoms with Gasteiger partial charge in [-0.25, -0.2) is 0 Å². The molecule has 0 saturated heterocycles. The number of aromatic nitrogens is 1. The van der Waals surface area contributed by atoms with Crippen LogP contribution in [0.25, 0.3) is 44.2 Å². The van der Waals surface area contributed by atoms with Gasteiger partial charge in [0.25, 0.3) is 0 Å². The average Bonchev–Trinajstić information content (AvgIpc) is 3.81. The van der Waals surface area contributed by atoms with Crippen LogP contribution in [0.5, 0.6) is 0 Å². The minimum atomic E-state index is 0.764. The van der Waals surface area contributed by atoms with Gasteiger partial charge < -0.3 is 20.1 Å². The molecule has 8 rings (SSSR count). The monoisotopic (exact) mass is 704 g/mol. The van der Waals surface area contributed by atoms with Crippen LogP contribution in [-0.2, 0) is 6.54 Å². The molecule has 268 valence electrons. The summed E-state index contributed by atoms with van der Waals surface area (Å²) < 4.78 is 2.41. The summed E-state index contributed by atoms with van der Waals surface area (Å²) in [4.78, 5) is 4.59. The normalized spacial score (nSPS) is 12.6. The summed E-state index contributed by atoms with van der Waals surface area (Å²) in [6.45, 7) is 10.8. The van der Waals surface area contributed by atoms with E-state index in [9.17, 15) is 0 Å². The fourth-order valence-electron chi connectivity index (χ4n) is 7.50. The van der Waals surface area contributed by atoms with Gasteiger partial charge in [0.15, 0.2) is 0 Å². The molecular formula is C50H48N4. The summed E-state index contributed by atoms with van der Waals surface area (Å²) in [5.41, 5.74) is 20.9. The molecule has 2 N–H and O–H groups in total. The van der Waals surface area contributed by atoms with E-state index in [4.69, 9.17) is 5.73 Å². The van der Waals surface area contributed by atoms with Gasteiger partial charge in [0.1, 0.15) is 0 Å². The number of nitrogens with zero attached hydrogens (tertiary/aromatic N) is 3. The number of nitrogens with two attached hydrogens (primary N) is 1. The second kappa shape index (κ2) is 16.0. The van der Waals surface area contributed by atoms with Crippen LogP contribution in [0, 0.1) is 0 Å². The predicted molar refractivity (Wildman–Crippen MR) is 233 cm³/mol. The average molecular weight is 705 g/mol. The lowest BCUT2D eigenvalue weighted by atomic mass is 10.0. The van der Waals surface area contributed by atoms with Gasteiger partial charge in [-0.05, 0) is 95.4 Å². The van der Waals surface area contributed by atoms with Gasteiger partial charge in [0.05, 0.1) is 16.7 Å². The number of hydrogen-bond donors (Lipinski definition) is 1. The van der Waals surface area contributed by atoms with Gasteiger partial charge in [-0.1, -0.05) is 130 Å². The molecule has 0 spiro atoms. The third-order valence-corrected chi connectivity index (χ3v) is 10.1. The Balaban J connectivity index is 0.00000221. The Hall–Kier alpha value is -6.52. The van der Waals surface area contributed by atoms with Crippen molar-refractivity contribution in [1.82, 2.24) is 9.47 Å². The van der Waals surface area contributed by atoms with Crippen molar-refractivity contribution in [2.75, 3.05) is 11.9 Å². The van der Waals surface area contributed by atoms with Crippen molar-refractivity contribution in [2.45, 2.75) is 33.7 Å². The van der Waals surface area contributed by atoms with E-state index in [2.05, 4.69) is 192 Å². The van der Waals surface area contributed by atoms with Crippen LogP contribution in [0.4, 0.5) is 17.1 Å². The molecule has 0 amide bonds. The highest BCUT2D eigenvalue weighted by atomic mass is 15.1. The molecule has 0 atom stereocenters. The number of benzene rings is 6. The van der Waals surface area contributed by atoms with Crippen LogP contribution in [0.1, 0.15) is 38.3 Å². The molecular weight excluding hydrogens is 657 g/mol. The number of rotatable bonds is 10. The van der Waals surface area contributed by atoms with Crippen molar-refractivity contribution >= 4 is 44.4 Å². The first-order chi connectivity index (χ1) is 26.5. The van der Waals surface area contributed by atoms with E-state index in [1.54, 1.807) is 0 Å². The lowest BCUT2D eigenvalue weighted by molar-refractivity contribution is 0.421. The largest absolute Gasteiger partial charge is 0.400 e. The molecule has 0 aliphatic heterocycles. The van der Waals surface area contributed by atoms with Crippen LogP contribution < -0.4 is 10.6 Å². The fourth-order valence-corrected chi connectivity index (χ4v) is 7.50. The van der Waals surface area contributed by atoms with Crippen LogP contribution in [0.3, 0.4) is 0 Å². The van der Waals surface area contributed by atoms with Gasteiger partial charge >= 0.3 is 0 Å². The van der Waals surface area contributed by atoms with Gasteiger partial charge in [-0.2, -0.15) is 0 Å². The molecule has 54 heavy (non-hydrogen) atoms. The minimum absolute atomic E-state index is 0.764. The van der Waals surface area contributed by atoms with E-state index in [0.29, 0.717) is 0 Å². The van der Waals surface area contributed by atoms with E-state index >= 15 is 0 Å². The Morgan fingerprint density at radius 1 is 0.704 bits per heavy atom. The van der Waals surface area contributed by atoms with Crippen LogP contribution in [-0.4, -0.2) is 16.5 Å². The van der Waals surface area contributed by atoms with Gasteiger partial charge in [-0.3, -0.25) is 0 Å². The predicted octanol–water partition coefficient (Wildman–Crippen LogP) is 13.1. The van der Waals surface area contributed by atoms with E-state index in [1.807, 2.05) is 26.8 Å². The number of allylic oxidation sites excluding steroid dienone is 5. The number of likely N-dealkylation sites (N-methyl/N-ethyl adjacent to an activating group) is 1. The molecule has 4 nitrogen and oxygen atoms in total. The number of anilines is 3. The molecule has 7 aromatic rings. The first-order valence-electron chi connectivity index (χ1n) is 18.9. The van der Waals surface area contributed by atoms with E-state index in [0.717, 1.165) is 63.8 Å². The molecule has 1 aliphatic carbocycles. The fraction of sp³-hybridized carbons (Fsp3) is 0.120. The Kier molecular flexibility index (Phi) is 10.6. The van der Waals surface area contributed by atoms with Crippen LogP contribution >= 0.6 is 0 Å². The van der Waals surface area contributed by atoms with Crippen molar-refractivity contribution in [1.29, 1.82) is 0 Å². The summed E-state index contributed by atoms with van der Waals surface area (Å²) in [5.74, 6) is 0. The minimum Gasteiger partial charge on any atom is -0.400 e. The topological polar surface area (TPSA) is 37.4 Å². The molecule has 6 aromatic carbocycles. The quantitative estimate of drug-likeness (QED) is 0.144. The molecule has 0 radical (unpaired) electrons. The number of fused-ring (bicyclic) bond motifs is 3. The van der Waals surface area contributed by atoms with Crippen LogP contribution in [0.15, 0.2) is 188 Å². The highest BCUT2D eigenvalue weighted by molar-refractivity contribution is 6.10. The molecule has 0 unspecified atom stereocenters. The van der Waals surface area contributed by atoms with E-state index in [1.165, 1.54) is 33.0 Å². The Bertz CT molecular complexity index is 2500. The highest BCUT2D eigenvalue weighted by Crippen LogP contribution is 2.40. The smallest absolute Gasteiger partial charge is 0.0561 e. The molecule has 4 heteroatoms. The second-order valence-corrected chi connectivity index (χ2v) is 13.3. The lowest BCUT2D eigenvalue weighted by Crippen LogP contribution is -2.18. The maximum Gasteiger partial charge on any atom is 0.0561 e. The molecule has 0 bridgehead atoms. The van der Waals surface area contributed by atoms with E-state index in [-0.39, 0.29) is 0 Å². The Morgan fingerprint density at radius 2 is 1.35 bits per heavy atom. The Labute approximate surface area is 320 Å². The third kappa shape index (κ3) is 6.99. The van der Waals surface area contributed by atoms with Gasteiger partial charge in [0.2, 0.25) is 0 Å². The van der Waals surface area contributed by atoms with Crippen LogP contribution in [0.2, 0.25) is 0 Å². The van der Waals surface area contributed by atoms with Crippen molar-refractivity contribution < 1.29 is 0 Å². The summed E-state index contributed by atoms with van der Waals surface area (Å²) in [7, 11) is 2.11. The van der Waals surface area contributed by atoms with Crippen molar-refractivity contribution in [2.24, 2.45) is 5.73 Å². The Morgan fingerprint density at radius 3 is 2.04 bits per heavy atom. The third-order valence-electron chi connectivity index (χ3n) is 10.1. The first-order valence-corrected chi connectivity index (χ1v) is 18.9. The standard InChI is InChI=1S/C48H42N4.C2H6/c1-4-35(5-2)37-21-25-39(26-22-37)51(40-27-23-38(24-28-40)36-14-7-6-8-15-36)42-29-30-44-43-17-9-10-19-46(43)52(48(44)32-42)41-16-11-13-34(31-41)33-50(3)47-20-12-18-45(47)49;1-2/h4-17,19-32H,1,18,33,49H2,2-3H3;1-2H3/b35-5+;. The van der Waals surface area contributed by atoms with Crippen molar-refractivity contribution in [3.63, 3.8) is 0 Å². The second-order valence-electron chi connectivity index (χ2n) is 13.3. The first kappa shape index (κ1) is 35.9. The lowest BCUT2D eigenvalue weighted by Gasteiger charge is -2.26. The van der Waals surface area contributed by atoms with Gasteiger partial charge in [-0.15, -0.1) is 0 Å². The molecule has 1 heterocycles. The maximum atomic E-state index is 6.32. The summed E-state index contributed by atoms with van der Waals surface area (Å²) in [6.07, 6.45) is 9.07. The van der Waals surface area contributed by atoms with Crippen molar-refractivity contribution in [3.8, 4) is 16.8 Å². The maximum absolute atomic E-state index is 6.32.